The van der Waals surface area contributed by atoms with Gasteiger partial charge in [0.25, 0.3) is 0 Å². The standard InChI is InChI=1S/C19H19IO4/c1-11(13-7-5-6-8-14(13)12(2)19(21)22)15-9-10-16(20)18(24-4)17(15)23-3/h5-10,12H,1H2,2-4H3,(H,21,22). The van der Waals surface area contributed by atoms with E-state index in [0.717, 1.165) is 20.3 Å². The van der Waals surface area contributed by atoms with Crippen LogP contribution < -0.4 is 9.47 Å². The molecule has 0 spiro atoms. The molecule has 4 nitrogen and oxygen atoms in total. The summed E-state index contributed by atoms with van der Waals surface area (Å²) in [5.74, 6) is -0.273. The number of rotatable bonds is 6. The lowest BCUT2D eigenvalue weighted by molar-refractivity contribution is -0.138. The summed E-state index contributed by atoms with van der Waals surface area (Å²) in [4.78, 5) is 11.4. The molecule has 0 aliphatic heterocycles. The fourth-order valence-corrected chi connectivity index (χ4v) is 3.24. The topological polar surface area (TPSA) is 55.8 Å². The Balaban J connectivity index is 2.61. The summed E-state index contributed by atoms with van der Waals surface area (Å²) >= 11 is 2.18. The van der Waals surface area contributed by atoms with Crippen molar-refractivity contribution in [1.29, 1.82) is 0 Å². The van der Waals surface area contributed by atoms with Crippen molar-refractivity contribution in [3.63, 3.8) is 0 Å². The third-order valence-electron chi connectivity index (χ3n) is 3.92. The first-order chi connectivity index (χ1) is 11.4. The van der Waals surface area contributed by atoms with Crippen molar-refractivity contribution >= 4 is 34.1 Å². The number of hydrogen-bond donors (Lipinski definition) is 1. The van der Waals surface area contributed by atoms with Crippen molar-refractivity contribution in [1.82, 2.24) is 0 Å². The van der Waals surface area contributed by atoms with Gasteiger partial charge in [-0.2, -0.15) is 0 Å². The number of carboxylic acid groups (broad SMARTS) is 1. The highest BCUT2D eigenvalue weighted by Gasteiger charge is 2.22. The highest BCUT2D eigenvalue weighted by Crippen LogP contribution is 2.41. The van der Waals surface area contributed by atoms with Crippen molar-refractivity contribution in [3.8, 4) is 11.5 Å². The fraction of sp³-hybridized carbons (Fsp3) is 0.211. The van der Waals surface area contributed by atoms with Gasteiger partial charge in [0.15, 0.2) is 11.5 Å². The Morgan fingerprint density at radius 3 is 2.29 bits per heavy atom. The second-order valence-corrected chi connectivity index (χ2v) is 6.45. The predicted molar refractivity (Wildman–Crippen MR) is 103 cm³/mol. The Morgan fingerprint density at radius 1 is 1.08 bits per heavy atom. The van der Waals surface area contributed by atoms with E-state index in [2.05, 4.69) is 29.2 Å². The first-order valence-electron chi connectivity index (χ1n) is 7.34. The molecule has 0 saturated carbocycles. The van der Waals surface area contributed by atoms with Crippen molar-refractivity contribution in [3.05, 3.63) is 63.2 Å². The normalized spacial score (nSPS) is 11.7. The van der Waals surface area contributed by atoms with Gasteiger partial charge in [-0.1, -0.05) is 30.8 Å². The Morgan fingerprint density at radius 2 is 1.71 bits per heavy atom. The highest BCUT2D eigenvalue weighted by molar-refractivity contribution is 14.1. The lowest BCUT2D eigenvalue weighted by Crippen LogP contribution is -2.10. The summed E-state index contributed by atoms with van der Waals surface area (Å²) < 4.78 is 11.9. The molecule has 2 aromatic carbocycles. The summed E-state index contributed by atoms with van der Waals surface area (Å²) in [7, 11) is 3.17. The number of halogens is 1. The van der Waals surface area contributed by atoms with Crippen molar-refractivity contribution in [2.75, 3.05) is 14.2 Å². The summed E-state index contributed by atoms with van der Waals surface area (Å²) in [6.07, 6.45) is 0. The maximum Gasteiger partial charge on any atom is 0.310 e. The Bertz CT molecular complexity index is 783. The van der Waals surface area contributed by atoms with Crippen LogP contribution in [0, 0.1) is 3.57 Å². The number of benzene rings is 2. The number of carboxylic acids is 1. The third-order valence-corrected chi connectivity index (χ3v) is 4.77. The first kappa shape index (κ1) is 18.3. The zero-order valence-electron chi connectivity index (χ0n) is 13.8. The van der Waals surface area contributed by atoms with E-state index >= 15 is 0 Å². The summed E-state index contributed by atoms with van der Waals surface area (Å²) in [6, 6.07) is 11.2. The Kier molecular flexibility index (Phi) is 5.88. The molecule has 0 aliphatic carbocycles. The molecule has 5 heteroatoms. The molecule has 0 aromatic heterocycles. The Labute approximate surface area is 155 Å². The molecule has 0 bridgehead atoms. The lowest BCUT2D eigenvalue weighted by Gasteiger charge is -2.19. The minimum Gasteiger partial charge on any atom is -0.492 e. The van der Waals surface area contributed by atoms with Crippen LogP contribution in [0.5, 0.6) is 11.5 Å². The van der Waals surface area contributed by atoms with Crippen LogP contribution in [0.3, 0.4) is 0 Å². The van der Waals surface area contributed by atoms with Crippen LogP contribution in [-0.2, 0) is 4.79 Å². The van der Waals surface area contributed by atoms with E-state index in [1.165, 1.54) is 0 Å². The maximum absolute atomic E-state index is 11.4. The molecule has 0 radical (unpaired) electrons. The van der Waals surface area contributed by atoms with Gasteiger partial charge >= 0.3 is 5.97 Å². The van der Waals surface area contributed by atoms with Crippen LogP contribution in [0.15, 0.2) is 43.0 Å². The van der Waals surface area contributed by atoms with Gasteiger partial charge in [-0.05, 0) is 58.3 Å². The van der Waals surface area contributed by atoms with Gasteiger partial charge in [-0.25, -0.2) is 0 Å². The van der Waals surface area contributed by atoms with Gasteiger partial charge < -0.3 is 14.6 Å². The van der Waals surface area contributed by atoms with Crippen LogP contribution in [-0.4, -0.2) is 25.3 Å². The summed E-state index contributed by atoms with van der Waals surface area (Å²) in [5, 5.41) is 9.36. The van der Waals surface area contributed by atoms with Gasteiger partial charge in [0.05, 0.1) is 23.7 Å². The number of ether oxygens (including phenoxy) is 2. The van der Waals surface area contributed by atoms with E-state index in [0.29, 0.717) is 17.1 Å². The van der Waals surface area contributed by atoms with Crippen LogP contribution in [0.4, 0.5) is 0 Å². The smallest absolute Gasteiger partial charge is 0.310 e. The SMILES string of the molecule is C=C(c1ccccc1C(C)C(=O)O)c1ccc(I)c(OC)c1OC. The summed E-state index contributed by atoms with van der Waals surface area (Å²) in [6.45, 7) is 5.85. The second-order valence-electron chi connectivity index (χ2n) is 5.29. The van der Waals surface area contributed by atoms with Crippen LogP contribution in [0.2, 0.25) is 0 Å². The average molecular weight is 438 g/mol. The molecule has 1 unspecified atom stereocenters. The molecule has 0 aliphatic rings. The van der Waals surface area contributed by atoms with Gasteiger partial charge in [0.2, 0.25) is 0 Å². The average Bonchev–Trinajstić information content (AvgIpc) is 2.59. The van der Waals surface area contributed by atoms with E-state index in [4.69, 9.17) is 9.47 Å². The quantitative estimate of drug-likeness (QED) is 0.673. The molecule has 1 N–H and O–H groups in total. The van der Waals surface area contributed by atoms with E-state index in [9.17, 15) is 9.90 Å². The number of hydrogen-bond acceptors (Lipinski definition) is 3. The fourth-order valence-electron chi connectivity index (χ4n) is 2.60. The molecular weight excluding hydrogens is 419 g/mol. The monoisotopic (exact) mass is 438 g/mol. The minimum absolute atomic E-state index is 0.590. The lowest BCUT2D eigenvalue weighted by atomic mass is 9.89. The zero-order valence-corrected chi connectivity index (χ0v) is 16.0. The van der Waals surface area contributed by atoms with Gasteiger partial charge in [0, 0.05) is 5.56 Å². The molecule has 1 atom stereocenters. The zero-order chi connectivity index (χ0) is 17.9. The molecule has 126 valence electrons. The maximum atomic E-state index is 11.4. The van der Waals surface area contributed by atoms with Crippen LogP contribution in [0.1, 0.15) is 29.5 Å². The van der Waals surface area contributed by atoms with E-state index in [1.807, 2.05) is 36.4 Å². The first-order valence-corrected chi connectivity index (χ1v) is 8.42. The molecule has 0 heterocycles. The molecule has 2 aromatic rings. The van der Waals surface area contributed by atoms with Gasteiger partial charge in [-0.15, -0.1) is 0 Å². The summed E-state index contributed by atoms with van der Waals surface area (Å²) in [5.41, 5.74) is 2.98. The third kappa shape index (κ3) is 3.40. The van der Waals surface area contributed by atoms with Gasteiger partial charge in [-0.3, -0.25) is 4.79 Å². The van der Waals surface area contributed by atoms with E-state index in [-0.39, 0.29) is 0 Å². The van der Waals surface area contributed by atoms with E-state index in [1.54, 1.807) is 21.1 Å². The molecule has 0 fully saturated rings. The van der Waals surface area contributed by atoms with Crippen LogP contribution >= 0.6 is 22.6 Å². The number of methoxy groups -OCH3 is 2. The van der Waals surface area contributed by atoms with Crippen molar-refractivity contribution in [2.24, 2.45) is 0 Å². The van der Waals surface area contributed by atoms with Crippen LogP contribution in [0.25, 0.3) is 5.57 Å². The molecule has 24 heavy (non-hydrogen) atoms. The van der Waals surface area contributed by atoms with E-state index < -0.39 is 11.9 Å². The van der Waals surface area contributed by atoms with Gasteiger partial charge in [0.1, 0.15) is 0 Å². The number of aliphatic carboxylic acids is 1. The predicted octanol–water partition coefficient (Wildman–Crippen LogP) is 4.56. The second kappa shape index (κ2) is 7.70. The minimum atomic E-state index is -0.873. The molecular formula is C19H19IO4. The van der Waals surface area contributed by atoms with Crippen molar-refractivity contribution < 1.29 is 19.4 Å². The molecule has 0 amide bonds. The molecule has 2 rings (SSSR count). The molecule has 0 saturated heterocycles. The number of carbonyl (C=O) groups is 1. The Hall–Kier alpha value is -2.02. The van der Waals surface area contributed by atoms with Crippen molar-refractivity contribution in [2.45, 2.75) is 12.8 Å². The highest BCUT2D eigenvalue weighted by atomic mass is 127. The largest absolute Gasteiger partial charge is 0.492 e.